The number of halogens is 1. The minimum absolute atomic E-state index is 0.199. The maximum Gasteiger partial charge on any atom is 0.243 e. The monoisotopic (exact) mass is 245 g/mol. The molecule has 0 saturated heterocycles. The molecule has 0 radical (unpaired) electrons. The van der Waals surface area contributed by atoms with Gasteiger partial charge in [-0.25, -0.2) is 4.52 Å². The summed E-state index contributed by atoms with van der Waals surface area (Å²) in [5, 5.41) is 7.43. The third kappa shape index (κ3) is 1.92. The Bertz CT molecular complexity index is 649. The maximum absolute atomic E-state index is 5.85. The van der Waals surface area contributed by atoms with Crippen molar-refractivity contribution >= 4 is 28.6 Å². The molecule has 3 heterocycles. The third-order valence-electron chi connectivity index (χ3n) is 2.31. The molecule has 0 unspecified atom stereocenters. The molecule has 0 aromatic carbocycles. The van der Waals surface area contributed by atoms with E-state index in [4.69, 9.17) is 11.6 Å². The highest BCUT2D eigenvalue weighted by molar-refractivity contribution is 6.28. The standard InChI is InChI=1S/C11H8ClN5/c12-11-15-10(9-2-1-7-17(9)16-11)14-8-3-5-13-6-4-8/h1-7H,(H,13,14,15,16). The minimum Gasteiger partial charge on any atom is -0.338 e. The fraction of sp³-hybridized carbons (Fsp3) is 0. The molecule has 84 valence electrons. The molecule has 3 aromatic rings. The first-order valence-corrected chi connectivity index (χ1v) is 5.39. The van der Waals surface area contributed by atoms with E-state index in [2.05, 4.69) is 20.4 Å². The number of fused-ring (bicyclic) bond motifs is 1. The molecule has 0 aliphatic heterocycles. The lowest BCUT2D eigenvalue weighted by Gasteiger charge is -2.07. The van der Waals surface area contributed by atoms with Crippen LogP contribution in [0, 0.1) is 0 Å². The lowest BCUT2D eigenvalue weighted by molar-refractivity contribution is 0.907. The Balaban J connectivity index is 2.08. The van der Waals surface area contributed by atoms with E-state index in [1.54, 1.807) is 16.9 Å². The predicted molar refractivity (Wildman–Crippen MR) is 65.5 cm³/mol. The molecule has 0 amide bonds. The van der Waals surface area contributed by atoms with E-state index in [0.29, 0.717) is 5.82 Å². The maximum atomic E-state index is 5.85. The second-order valence-corrected chi connectivity index (χ2v) is 3.77. The molecule has 0 aliphatic rings. The van der Waals surface area contributed by atoms with E-state index in [1.165, 1.54) is 0 Å². The van der Waals surface area contributed by atoms with E-state index in [1.807, 2.05) is 30.5 Å². The molecular weight excluding hydrogens is 238 g/mol. The van der Waals surface area contributed by atoms with Crippen molar-refractivity contribution in [3.63, 3.8) is 0 Å². The summed E-state index contributed by atoms with van der Waals surface area (Å²) in [4.78, 5) is 8.12. The lowest BCUT2D eigenvalue weighted by Crippen LogP contribution is -2.00. The highest BCUT2D eigenvalue weighted by Crippen LogP contribution is 2.20. The average molecular weight is 246 g/mol. The van der Waals surface area contributed by atoms with Gasteiger partial charge in [-0.05, 0) is 35.9 Å². The van der Waals surface area contributed by atoms with Crippen molar-refractivity contribution in [1.29, 1.82) is 0 Å². The van der Waals surface area contributed by atoms with Gasteiger partial charge in [0, 0.05) is 24.3 Å². The summed E-state index contributed by atoms with van der Waals surface area (Å²) in [6.07, 6.45) is 5.24. The van der Waals surface area contributed by atoms with Gasteiger partial charge in [0.05, 0.1) is 0 Å². The zero-order valence-electron chi connectivity index (χ0n) is 8.71. The molecule has 0 saturated carbocycles. The van der Waals surface area contributed by atoms with Crippen LogP contribution in [0.3, 0.4) is 0 Å². The van der Waals surface area contributed by atoms with Crippen molar-refractivity contribution in [2.24, 2.45) is 0 Å². The Hall–Kier alpha value is -2.14. The van der Waals surface area contributed by atoms with Crippen molar-refractivity contribution in [3.05, 3.63) is 48.1 Å². The quantitative estimate of drug-likeness (QED) is 0.754. The number of hydrogen-bond acceptors (Lipinski definition) is 4. The largest absolute Gasteiger partial charge is 0.338 e. The van der Waals surface area contributed by atoms with Gasteiger partial charge in [0.1, 0.15) is 5.52 Å². The third-order valence-corrected chi connectivity index (χ3v) is 2.47. The summed E-state index contributed by atoms with van der Waals surface area (Å²) >= 11 is 5.85. The summed E-state index contributed by atoms with van der Waals surface area (Å²) in [5.74, 6) is 0.668. The summed E-state index contributed by atoms with van der Waals surface area (Å²) in [6, 6.07) is 7.52. The van der Waals surface area contributed by atoms with Crippen molar-refractivity contribution < 1.29 is 0 Å². The van der Waals surface area contributed by atoms with Gasteiger partial charge < -0.3 is 5.32 Å². The Morgan fingerprint density at radius 2 is 2.00 bits per heavy atom. The van der Waals surface area contributed by atoms with Gasteiger partial charge in [0.15, 0.2) is 5.82 Å². The molecule has 3 rings (SSSR count). The highest BCUT2D eigenvalue weighted by atomic mass is 35.5. The van der Waals surface area contributed by atoms with Crippen LogP contribution >= 0.6 is 11.6 Å². The zero-order valence-corrected chi connectivity index (χ0v) is 9.46. The van der Waals surface area contributed by atoms with E-state index in [9.17, 15) is 0 Å². The second-order valence-electron chi connectivity index (χ2n) is 3.43. The lowest BCUT2D eigenvalue weighted by atomic mass is 10.4. The molecule has 5 nitrogen and oxygen atoms in total. The highest BCUT2D eigenvalue weighted by Gasteiger charge is 2.06. The molecule has 17 heavy (non-hydrogen) atoms. The zero-order chi connectivity index (χ0) is 11.7. The molecule has 0 fully saturated rings. The molecule has 0 atom stereocenters. The van der Waals surface area contributed by atoms with Crippen LogP contribution in [0.4, 0.5) is 11.5 Å². The topological polar surface area (TPSA) is 55.1 Å². The van der Waals surface area contributed by atoms with Gasteiger partial charge in [-0.1, -0.05) is 0 Å². The summed E-state index contributed by atoms with van der Waals surface area (Å²) in [5.41, 5.74) is 1.77. The first-order chi connectivity index (χ1) is 8.33. The van der Waals surface area contributed by atoms with Crippen molar-refractivity contribution in [1.82, 2.24) is 19.6 Å². The second kappa shape index (κ2) is 4.03. The van der Waals surface area contributed by atoms with Gasteiger partial charge in [-0.3, -0.25) is 4.98 Å². The van der Waals surface area contributed by atoms with Crippen molar-refractivity contribution in [2.45, 2.75) is 0 Å². The number of pyridine rings is 1. The first-order valence-electron chi connectivity index (χ1n) is 5.01. The fourth-order valence-electron chi connectivity index (χ4n) is 1.57. The Kier molecular flexibility index (Phi) is 2.38. The molecule has 0 spiro atoms. The van der Waals surface area contributed by atoms with Crippen LogP contribution < -0.4 is 5.32 Å². The number of rotatable bonds is 2. The summed E-state index contributed by atoms with van der Waals surface area (Å²) < 4.78 is 1.68. The summed E-state index contributed by atoms with van der Waals surface area (Å²) in [6.45, 7) is 0. The Labute approximate surface area is 102 Å². The smallest absolute Gasteiger partial charge is 0.243 e. The Morgan fingerprint density at radius 3 is 2.82 bits per heavy atom. The molecule has 6 heteroatoms. The van der Waals surface area contributed by atoms with Crippen LogP contribution in [-0.4, -0.2) is 19.6 Å². The van der Waals surface area contributed by atoms with E-state index in [0.717, 1.165) is 11.2 Å². The summed E-state index contributed by atoms with van der Waals surface area (Å²) in [7, 11) is 0. The van der Waals surface area contributed by atoms with Crippen LogP contribution in [0.5, 0.6) is 0 Å². The van der Waals surface area contributed by atoms with E-state index >= 15 is 0 Å². The fourth-order valence-corrected chi connectivity index (χ4v) is 1.74. The van der Waals surface area contributed by atoms with Gasteiger partial charge in [0.25, 0.3) is 0 Å². The van der Waals surface area contributed by atoms with Crippen molar-refractivity contribution in [2.75, 3.05) is 5.32 Å². The van der Waals surface area contributed by atoms with Crippen LogP contribution in [0.15, 0.2) is 42.9 Å². The van der Waals surface area contributed by atoms with Gasteiger partial charge in [-0.2, -0.15) is 4.98 Å². The van der Waals surface area contributed by atoms with E-state index in [-0.39, 0.29) is 5.28 Å². The Morgan fingerprint density at radius 1 is 1.18 bits per heavy atom. The minimum atomic E-state index is 0.199. The van der Waals surface area contributed by atoms with Crippen LogP contribution in [0.2, 0.25) is 5.28 Å². The first kappa shape index (κ1) is 10.0. The molecule has 3 aromatic heterocycles. The van der Waals surface area contributed by atoms with Gasteiger partial charge in [-0.15, -0.1) is 5.10 Å². The average Bonchev–Trinajstić information content (AvgIpc) is 2.78. The SMILES string of the molecule is Clc1nc(Nc2ccncc2)c2cccn2n1. The number of nitrogens with one attached hydrogen (secondary N) is 1. The predicted octanol–water partition coefficient (Wildman–Crippen LogP) is 2.52. The molecule has 0 aliphatic carbocycles. The van der Waals surface area contributed by atoms with Crippen LogP contribution in [0.1, 0.15) is 0 Å². The molecule has 1 N–H and O–H groups in total. The normalized spacial score (nSPS) is 10.6. The number of nitrogens with zero attached hydrogens (tertiary/aromatic N) is 4. The number of hydrogen-bond donors (Lipinski definition) is 1. The van der Waals surface area contributed by atoms with Crippen molar-refractivity contribution in [3.8, 4) is 0 Å². The van der Waals surface area contributed by atoms with Crippen LogP contribution in [0.25, 0.3) is 5.52 Å². The van der Waals surface area contributed by atoms with Gasteiger partial charge >= 0.3 is 0 Å². The number of aromatic nitrogens is 4. The van der Waals surface area contributed by atoms with Gasteiger partial charge in [0.2, 0.25) is 5.28 Å². The van der Waals surface area contributed by atoms with E-state index < -0.39 is 0 Å². The van der Waals surface area contributed by atoms with Crippen LogP contribution in [-0.2, 0) is 0 Å². The molecular formula is C11H8ClN5. The molecule has 0 bridgehead atoms. The number of anilines is 2.